The van der Waals surface area contributed by atoms with Crippen LogP contribution < -0.4 is 10.1 Å². The third-order valence-corrected chi connectivity index (χ3v) is 2.55. The highest BCUT2D eigenvalue weighted by Gasteiger charge is 2.23. The molecule has 1 fully saturated rings. The standard InChI is InChI=1S/C12H15NO3/c1-16-11-5-2-8(6-10(11)14)7-12(15)13-9-3-4-9/h2,5-6,9,14H,3-4,7H2,1H3,(H,13,15). The number of carbonyl (C=O) groups excluding carboxylic acids is 1. The highest BCUT2D eigenvalue weighted by molar-refractivity contribution is 5.79. The molecule has 1 amide bonds. The van der Waals surface area contributed by atoms with Crippen molar-refractivity contribution in [2.45, 2.75) is 25.3 Å². The van der Waals surface area contributed by atoms with Crippen molar-refractivity contribution in [3.63, 3.8) is 0 Å². The second-order valence-electron chi connectivity index (χ2n) is 4.02. The fourth-order valence-electron chi connectivity index (χ4n) is 1.54. The Morgan fingerprint density at radius 1 is 1.56 bits per heavy atom. The van der Waals surface area contributed by atoms with E-state index in [9.17, 15) is 9.90 Å². The molecule has 2 rings (SSSR count). The van der Waals surface area contributed by atoms with Gasteiger partial charge in [-0.15, -0.1) is 0 Å². The predicted molar refractivity (Wildman–Crippen MR) is 59.5 cm³/mol. The molecule has 2 N–H and O–H groups in total. The van der Waals surface area contributed by atoms with Gasteiger partial charge in [-0.25, -0.2) is 0 Å². The number of phenols is 1. The van der Waals surface area contributed by atoms with Crippen molar-refractivity contribution in [1.82, 2.24) is 5.32 Å². The largest absolute Gasteiger partial charge is 0.504 e. The molecule has 1 aliphatic rings. The minimum atomic E-state index is 0.00654. The monoisotopic (exact) mass is 221 g/mol. The zero-order valence-corrected chi connectivity index (χ0v) is 9.19. The molecule has 0 atom stereocenters. The normalized spacial score (nSPS) is 14.6. The summed E-state index contributed by atoms with van der Waals surface area (Å²) in [5, 5.41) is 12.4. The maximum absolute atomic E-state index is 11.5. The zero-order valence-electron chi connectivity index (χ0n) is 9.19. The molecule has 4 nitrogen and oxygen atoms in total. The molecule has 1 aromatic carbocycles. The smallest absolute Gasteiger partial charge is 0.224 e. The van der Waals surface area contributed by atoms with Crippen LogP contribution >= 0.6 is 0 Å². The molecule has 1 aromatic rings. The van der Waals surface area contributed by atoms with Crippen molar-refractivity contribution in [2.24, 2.45) is 0 Å². The van der Waals surface area contributed by atoms with Gasteiger partial charge in [-0.2, -0.15) is 0 Å². The van der Waals surface area contributed by atoms with E-state index in [1.54, 1.807) is 18.2 Å². The number of carbonyl (C=O) groups is 1. The fourth-order valence-corrected chi connectivity index (χ4v) is 1.54. The highest BCUT2D eigenvalue weighted by atomic mass is 16.5. The Bertz CT molecular complexity index is 399. The summed E-state index contributed by atoms with van der Waals surface area (Å²) < 4.78 is 4.93. The van der Waals surface area contributed by atoms with Crippen LogP contribution in [0.5, 0.6) is 11.5 Å². The summed E-state index contributed by atoms with van der Waals surface area (Å²) in [6.45, 7) is 0. The second-order valence-corrected chi connectivity index (χ2v) is 4.02. The second kappa shape index (κ2) is 4.43. The molecule has 0 bridgehead atoms. The van der Waals surface area contributed by atoms with Crippen LogP contribution in [0.25, 0.3) is 0 Å². The van der Waals surface area contributed by atoms with Crippen LogP contribution in [0.3, 0.4) is 0 Å². The lowest BCUT2D eigenvalue weighted by atomic mass is 10.1. The number of ether oxygens (including phenoxy) is 1. The van der Waals surface area contributed by atoms with E-state index in [-0.39, 0.29) is 11.7 Å². The number of phenolic OH excluding ortho intramolecular Hbond substituents is 1. The van der Waals surface area contributed by atoms with Gasteiger partial charge in [0.1, 0.15) is 0 Å². The SMILES string of the molecule is COc1ccc(CC(=O)NC2CC2)cc1O. The molecule has 0 unspecified atom stereocenters. The fraction of sp³-hybridized carbons (Fsp3) is 0.417. The quantitative estimate of drug-likeness (QED) is 0.803. The van der Waals surface area contributed by atoms with Gasteiger partial charge in [0.05, 0.1) is 13.5 Å². The van der Waals surface area contributed by atoms with Crippen LogP contribution in [0.15, 0.2) is 18.2 Å². The molecule has 0 spiro atoms. The van der Waals surface area contributed by atoms with E-state index in [1.165, 1.54) is 7.11 Å². The average Bonchev–Trinajstić information content (AvgIpc) is 3.01. The molecule has 0 heterocycles. The summed E-state index contributed by atoms with van der Waals surface area (Å²) in [6, 6.07) is 5.38. The minimum Gasteiger partial charge on any atom is -0.504 e. The number of hydrogen-bond acceptors (Lipinski definition) is 3. The van der Waals surface area contributed by atoms with Gasteiger partial charge in [-0.05, 0) is 30.5 Å². The van der Waals surface area contributed by atoms with Gasteiger partial charge >= 0.3 is 0 Å². The van der Waals surface area contributed by atoms with Gasteiger partial charge in [0, 0.05) is 6.04 Å². The lowest BCUT2D eigenvalue weighted by Crippen LogP contribution is -2.26. The van der Waals surface area contributed by atoms with Crippen LogP contribution in [-0.2, 0) is 11.2 Å². The van der Waals surface area contributed by atoms with Gasteiger partial charge in [0.25, 0.3) is 0 Å². The first-order chi connectivity index (χ1) is 7.69. The maximum Gasteiger partial charge on any atom is 0.224 e. The Hall–Kier alpha value is -1.71. The van der Waals surface area contributed by atoms with E-state index in [2.05, 4.69) is 5.32 Å². The summed E-state index contributed by atoms with van der Waals surface area (Å²) in [6.07, 6.45) is 2.47. The maximum atomic E-state index is 11.5. The number of hydrogen-bond donors (Lipinski definition) is 2. The molecule has 1 saturated carbocycles. The molecule has 0 saturated heterocycles. The Morgan fingerprint density at radius 3 is 2.88 bits per heavy atom. The van der Waals surface area contributed by atoms with Gasteiger partial charge in [-0.3, -0.25) is 4.79 Å². The van der Waals surface area contributed by atoms with Crippen LogP contribution in [-0.4, -0.2) is 24.2 Å². The first-order valence-corrected chi connectivity index (χ1v) is 5.34. The van der Waals surface area contributed by atoms with Crippen molar-refractivity contribution in [2.75, 3.05) is 7.11 Å². The molecule has 0 radical (unpaired) electrons. The zero-order chi connectivity index (χ0) is 11.5. The van der Waals surface area contributed by atoms with E-state index in [0.717, 1.165) is 18.4 Å². The van der Waals surface area contributed by atoms with Crippen LogP contribution in [0, 0.1) is 0 Å². The molecule has 16 heavy (non-hydrogen) atoms. The van der Waals surface area contributed by atoms with E-state index >= 15 is 0 Å². The predicted octanol–water partition coefficient (Wildman–Crippen LogP) is 1.22. The summed E-state index contributed by atoms with van der Waals surface area (Å²) in [4.78, 5) is 11.5. The topological polar surface area (TPSA) is 58.6 Å². The van der Waals surface area contributed by atoms with Gasteiger partial charge < -0.3 is 15.2 Å². The number of aromatic hydroxyl groups is 1. The Labute approximate surface area is 94.2 Å². The van der Waals surface area contributed by atoms with Crippen molar-refractivity contribution >= 4 is 5.91 Å². The highest BCUT2D eigenvalue weighted by Crippen LogP contribution is 2.26. The number of methoxy groups -OCH3 is 1. The summed E-state index contributed by atoms with van der Waals surface area (Å²) in [5.41, 5.74) is 0.788. The van der Waals surface area contributed by atoms with Crippen molar-refractivity contribution in [3.05, 3.63) is 23.8 Å². The summed E-state index contributed by atoms with van der Waals surface area (Å²) >= 11 is 0. The third kappa shape index (κ3) is 2.66. The van der Waals surface area contributed by atoms with Crippen LogP contribution in [0.1, 0.15) is 18.4 Å². The van der Waals surface area contributed by atoms with Crippen LogP contribution in [0.2, 0.25) is 0 Å². The molecular weight excluding hydrogens is 206 g/mol. The molecule has 0 aromatic heterocycles. The van der Waals surface area contributed by atoms with Gasteiger partial charge in [0.15, 0.2) is 11.5 Å². The van der Waals surface area contributed by atoms with Crippen molar-refractivity contribution < 1.29 is 14.6 Å². The van der Waals surface area contributed by atoms with Gasteiger partial charge in [0.2, 0.25) is 5.91 Å². The molecule has 1 aliphatic carbocycles. The Balaban J connectivity index is 1.97. The molecule has 86 valence electrons. The first-order valence-electron chi connectivity index (χ1n) is 5.34. The van der Waals surface area contributed by atoms with E-state index in [1.807, 2.05) is 0 Å². The lowest BCUT2D eigenvalue weighted by Gasteiger charge is -2.06. The molecular formula is C12H15NO3. The number of nitrogens with one attached hydrogen (secondary N) is 1. The number of rotatable bonds is 4. The third-order valence-electron chi connectivity index (χ3n) is 2.55. The number of amides is 1. The van der Waals surface area contributed by atoms with Crippen molar-refractivity contribution in [1.29, 1.82) is 0 Å². The van der Waals surface area contributed by atoms with E-state index in [0.29, 0.717) is 18.2 Å². The summed E-state index contributed by atoms with van der Waals surface area (Å²) in [7, 11) is 1.49. The van der Waals surface area contributed by atoms with Crippen LogP contribution in [0.4, 0.5) is 0 Å². The van der Waals surface area contributed by atoms with Gasteiger partial charge in [-0.1, -0.05) is 6.07 Å². The average molecular weight is 221 g/mol. The minimum absolute atomic E-state index is 0.00654. The van der Waals surface area contributed by atoms with E-state index in [4.69, 9.17) is 4.74 Å². The lowest BCUT2D eigenvalue weighted by molar-refractivity contribution is -0.120. The first kappa shape index (κ1) is 10.8. The van der Waals surface area contributed by atoms with Crippen molar-refractivity contribution in [3.8, 4) is 11.5 Å². The summed E-state index contributed by atoms with van der Waals surface area (Å²) in [5.74, 6) is 0.498. The van der Waals surface area contributed by atoms with E-state index < -0.39 is 0 Å². The molecule has 4 heteroatoms. The Morgan fingerprint density at radius 2 is 2.31 bits per heavy atom. The Kier molecular flexibility index (Phi) is 2.99. The number of benzene rings is 1. The molecule has 0 aliphatic heterocycles.